The molecule has 3 aromatic rings. The van der Waals surface area contributed by atoms with Crippen LogP contribution in [0.3, 0.4) is 0 Å². The lowest BCUT2D eigenvalue weighted by molar-refractivity contribution is 0.306. The molecular formula is C19H21N3O. The number of H-pyrrole nitrogens is 1. The van der Waals surface area contributed by atoms with Crippen molar-refractivity contribution >= 4 is 0 Å². The zero-order valence-electron chi connectivity index (χ0n) is 13.2. The number of aromatic amines is 1. The first-order valence-electron chi connectivity index (χ1n) is 7.75. The lowest BCUT2D eigenvalue weighted by Crippen LogP contribution is -2.14. The summed E-state index contributed by atoms with van der Waals surface area (Å²) >= 11 is 0. The highest BCUT2D eigenvalue weighted by atomic mass is 16.5. The van der Waals surface area contributed by atoms with E-state index < -0.39 is 0 Å². The molecule has 1 aromatic heterocycles. The van der Waals surface area contributed by atoms with Crippen LogP contribution in [-0.2, 0) is 6.61 Å². The third-order valence-corrected chi connectivity index (χ3v) is 3.83. The summed E-state index contributed by atoms with van der Waals surface area (Å²) in [5.74, 6) is 0.914. The molecule has 2 aromatic carbocycles. The fraction of sp³-hybridized carbons (Fsp3) is 0.211. The Kier molecular flexibility index (Phi) is 4.74. The molecule has 1 heterocycles. The van der Waals surface area contributed by atoms with Crippen molar-refractivity contribution < 1.29 is 4.74 Å². The van der Waals surface area contributed by atoms with Gasteiger partial charge in [-0.3, -0.25) is 5.10 Å². The summed E-state index contributed by atoms with van der Waals surface area (Å²) < 4.78 is 5.90. The molecule has 0 aliphatic carbocycles. The summed E-state index contributed by atoms with van der Waals surface area (Å²) in [4.78, 5) is 0. The van der Waals surface area contributed by atoms with Crippen LogP contribution in [0.15, 0.2) is 60.7 Å². The minimum atomic E-state index is 0.0697. The summed E-state index contributed by atoms with van der Waals surface area (Å²) in [5, 5.41) is 7.32. The van der Waals surface area contributed by atoms with Crippen LogP contribution in [-0.4, -0.2) is 16.7 Å². The predicted molar refractivity (Wildman–Crippen MR) is 91.4 cm³/mol. The van der Waals surface area contributed by atoms with Gasteiger partial charge < -0.3 is 10.5 Å². The van der Waals surface area contributed by atoms with Gasteiger partial charge in [-0.1, -0.05) is 42.5 Å². The van der Waals surface area contributed by atoms with Crippen LogP contribution in [0.2, 0.25) is 0 Å². The minimum absolute atomic E-state index is 0.0697. The van der Waals surface area contributed by atoms with E-state index in [0.717, 1.165) is 28.3 Å². The van der Waals surface area contributed by atoms with Crippen molar-refractivity contribution in [3.8, 4) is 5.75 Å². The highest BCUT2D eigenvalue weighted by Crippen LogP contribution is 2.26. The maximum atomic E-state index is 5.97. The number of nitrogens with one attached hydrogen (secondary N) is 1. The molecule has 0 aliphatic heterocycles. The quantitative estimate of drug-likeness (QED) is 0.733. The Bertz CT molecular complexity index is 752. The van der Waals surface area contributed by atoms with Crippen molar-refractivity contribution in [1.82, 2.24) is 10.2 Å². The Labute approximate surface area is 136 Å². The van der Waals surface area contributed by atoms with Crippen molar-refractivity contribution in [1.29, 1.82) is 0 Å². The molecule has 0 saturated carbocycles. The first-order valence-corrected chi connectivity index (χ1v) is 7.75. The smallest absolute Gasteiger partial charge is 0.120 e. The van der Waals surface area contributed by atoms with Crippen LogP contribution < -0.4 is 10.5 Å². The zero-order chi connectivity index (χ0) is 16.1. The largest absolute Gasteiger partial charge is 0.489 e. The molecule has 0 bridgehead atoms. The van der Waals surface area contributed by atoms with Gasteiger partial charge in [0.1, 0.15) is 12.4 Å². The molecule has 0 fully saturated rings. The van der Waals surface area contributed by atoms with E-state index in [9.17, 15) is 0 Å². The Balaban J connectivity index is 1.76. The zero-order valence-corrected chi connectivity index (χ0v) is 13.2. The number of benzene rings is 2. The van der Waals surface area contributed by atoms with Crippen LogP contribution in [0.4, 0.5) is 0 Å². The van der Waals surface area contributed by atoms with Gasteiger partial charge in [-0.25, -0.2) is 0 Å². The molecule has 4 nitrogen and oxygen atoms in total. The van der Waals surface area contributed by atoms with E-state index in [1.54, 1.807) is 0 Å². The fourth-order valence-corrected chi connectivity index (χ4v) is 2.61. The number of ether oxygens (including phenoxy) is 1. The molecule has 1 atom stereocenters. The predicted octanol–water partition coefficient (Wildman–Crippen LogP) is 3.39. The number of hydrogen-bond acceptors (Lipinski definition) is 3. The average molecular weight is 307 g/mol. The monoisotopic (exact) mass is 307 g/mol. The third kappa shape index (κ3) is 3.79. The molecular weight excluding hydrogens is 286 g/mol. The van der Waals surface area contributed by atoms with Gasteiger partial charge in [0.2, 0.25) is 0 Å². The standard InChI is InChI=1S/C19H21N3O/c1-14-10-19(22-21-14)18(12-20)16-8-5-9-17(11-16)23-13-15-6-3-2-4-7-15/h2-11,18H,12-13,20H2,1H3,(H,21,22). The van der Waals surface area contributed by atoms with Gasteiger partial charge in [-0.05, 0) is 36.2 Å². The molecule has 1 unspecified atom stereocenters. The van der Waals surface area contributed by atoms with Gasteiger partial charge in [0.05, 0.1) is 5.69 Å². The summed E-state index contributed by atoms with van der Waals surface area (Å²) in [6.07, 6.45) is 0. The molecule has 0 amide bonds. The summed E-state index contributed by atoms with van der Waals surface area (Å²) in [6.45, 7) is 3.05. The maximum absolute atomic E-state index is 5.97. The van der Waals surface area contributed by atoms with Gasteiger partial charge in [0.25, 0.3) is 0 Å². The Hall–Kier alpha value is -2.59. The Morgan fingerprint density at radius 1 is 1.09 bits per heavy atom. The van der Waals surface area contributed by atoms with Gasteiger partial charge in [-0.15, -0.1) is 0 Å². The molecule has 3 N–H and O–H groups in total. The average Bonchev–Trinajstić information content (AvgIpc) is 3.01. The Morgan fingerprint density at radius 3 is 2.61 bits per heavy atom. The van der Waals surface area contributed by atoms with Gasteiger partial charge in [0.15, 0.2) is 0 Å². The van der Waals surface area contributed by atoms with E-state index in [2.05, 4.69) is 28.4 Å². The molecule has 118 valence electrons. The van der Waals surface area contributed by atoms with Gasteiger partial charge in [-0.2, -0.15) is 5.10 Å². The first-order chi connectivity index (χ1) is 11.3. The molecule has 4 heteroatoms. The molecule has 0 spiro atoms. The van der Waals surface area contributed by atoms with Crippen molar-refractivity contribution in [3.63, 3.8) is 0 Å². The number of nitrogens with two attached hydrogens (primary N) is 1. The lowest BCUT2D eigenvalue weighted by atomic mass is 9.95. The van der Waals surface area contributed by atoms with E-state index in [-0.39, 0.29) is 5.92 Å². The fourth-order valence-electron chi connectivity index (χ4n) is 2.61. The molecule has 3 rings (SSSR count). The molecule has 23 heavy (non-hydrogen) atoms. The number of aryl methyl sites for hydroxylation is 1. The SMILES string of the molecule is Cc1cc(C(CN)c2cccc(OCc3ccccc3)c2)n[nH]1. The van der Waals surface area contributed by atoms with Crippen LogP contribution >= 0.6 is 0 Å². The molecule has 0 saturated heterocycles. The topological polar surface area (TPSA) is 63.9 Å². The Morgan fingerprint density at radius 2 is 1.91 bits per heavy atom. The van der Waals surface area contributed by atoms with E-state index in [4.69, 9.17) is 10.5 Å². The van der Waals surface area contributed by atoms with Crippen molar-refractivity contribution in [2.75, 3.05) is 6.54 Å². The van der Waals surface area contributed by atoms with Crippen LogP contribution in [0, 0.1) is 6.92 Å². The second kappa shape index (κ2) is 7.11. The van der Waals surface area contributed by atoms with Crippen LogP contribution in [0.1, 0.15) is 28.4 Å². The highest BCUT2D eigenvalue weighted by Gasteiger charge is 2.16. The van der Waals surface area contributed by atoms with Crippen molar-refractivity contribution in [2.45, 2.75) is 19.4 Å². The van der Waals surface area contributed by atoms with E-state index in [1.807, 2.05) is 49.4 Å². The van der Waals surface area contributed by atoms with Gasteiger partial charge >= 0.3 is 0 Å². The van der Waals surface area contributed by atoms with Crippen molar-refractivity contribution in [2.24, 2.45) is 5.73 Å². The number of nitrogens with zero attached hydrogens (tertiary/aromatic N) is 1. The van der Waals surface area contributed by atoms with Crippen molar-refractivity contribution in [3.05, 3.63) is 83.2 Å². The van der Waals surface area contributed by atoms with Gasteiger partial charge in [0, 0.05) is 18.2 Å². The molecule has 0 radical (unpaired) electrons. The maximum Gasteiger partial charge on any atom is 0.120 e. The minimum Gasteiger partial charge on any atom is -0.489 e. The van der Waals surface area contributed by atoms with Crippen LogP contribution in [0.5, 0.6) is 5.75 Å². The number of hydrogen-bond donors (Lipinski definition) is 2. The summed E-state index contributed by atoms with van der Waals surface area (Å²) in [6, 6.07) is 20.3. The normalized spacial score (nSPS) is 12.1. The summed E-state index contributed by atoms with van der Waals surface area (Å²) in [5.41, 5.74) is 10.2. The van der Waals surface area contributed by atoms with E-state index >= 15 is 0 Å². The van der Waals surface area contributed by atoms with Crippen LogP contribution in [0.25, 0.3) is 0 Å². The number of rotatable bonds is 6. The highest BCUT2D eigenvalue weighted by molar-refractivity contribution is 5.36. The molecule has 0 aliphatic rings. The lowest BCUT2D eigenvalue weighted by Gasteiger charge is -2.14. The third-order valence-electron chi connectivity index (χ3n) is 3.83. The summed E-state index contributed by atoms with van der Waals surface area (Å²) in [7, 11) is 0. The second-order valence-electron chi connectivity index (χ2n) is 5.61. The van der Waals surface area contributed by atoms with E-state index in [1.165, 1.54) is 0 Å². The first kappa shape index (κ1) is 15.3. The number of aromatic nitrogens is 2. The second-order valence-corrected chi connectivity index (χ2v) is 5.61. The van der Waals surface area contributed by atoms with E-state index in [0.29, 0.717) is 13.2 Å².